The number of rotatable bonds is 11. The maximum absolute atomic E-state index is 13.8. The fourth-order valence-corrected chi connectivity index (χ4v) is 5.21. The van der Waals surface area contributed by atoms with Crippen molar-refractivity contribution in [3.8, 4) is 6.07 Å². The lowest BCUT2D eigenvalue weighted by atomic mass is 9.79. The van der Waals surface area contributed by atoms with E-state index in [0.717, 1.165) is 44.8 Å². The lowest BCUT2D eigenvalue weighted by Gasteiger charge is -2.32. The molecule has 2 saturated carbocycles. The third kappa shape index (κ3) is 7.67. The topological polar surface area (TPSA) is 42.2 Å². The van der Waals surface area contributed by atoms with E-state index < -0.39 is 17.2 Å². The molecule has 3 rings (SSSR count). The van der Waals surface area contributed by atoms with E-state index in [1.54, 1.807) is 12.1 Å². The molecular weight excluding hydrogens is 408 g/mol. The van der Waals surface area contributed by atoms with E-state index >= 15 is 0 Å². The molecule has 32 heavy (non-hydrogen) atoms. The predicted octanol–water partition coefficient (Wildman–Crippen LogP) is 6.74. The average Bonchev–Trinajstić information content (AvgIpc) is 2.80. The fourth-order valence-electron chi connectivity index (χ4n) is 5.21. The van der Waals surface area contributed by atoms with Crippen molar-refractivity contribution in [2.45, 2.75) is 76.7 Å². The summed E-state index contributed by atoms with van der Waals surface area (Å²) in [5.41, 5.74) is 0.160. The maximum atomic E-state index is 13.8. The zero-order valence-corrected chi connectivity index (χ0v) is 19.2. The van der Waals surface area contributed by atoms with Gasteiger partial charge in [0.25, 0.3) is 0 Å². The standard InChI is InChI=1S/C27H37F2NO2/c1-2-14-31-15-13-21-9-11-24(12-10-21)32-19-22-6-3-20(4-7-22)5-8-23-16-26(28)25(18-30)27(29)17-23/h2,16-17,20-22,24H,1,3-15,19H2. The van der Waals surface area contributed by atoms with Gasteiger partial charge in [-0.3, -0.25) is 0 Å². The van der Waals surface area contributed by atoms with Crippen LogP contribution < -0.4 is 0 Å². The molecular formula is C27H37F2NO2. The molecule has 1 aromatic rings. The normalized spacial score (nSPS) is 25.9. The molecule has 2 fully saturated rings. The van der Waals surface area contributed by atoms with E-state index in [0.29, 0.717) is 36.5 Å². The lowest BCUT2D eigenvalue weighted by Crippen LogP contribution is -2.26. The molecule has 0 spiro atoms. The summed E-state index contributed by atoms with van der Waals surface area (Å²) >= 11 is 0. The Bertz CT molecular complexity index is 736. The van der Waals surface area contributed by atoms with Gasteiger partial charge in [-0.1, -0.05) is 18.9 Å². The SMILES string of the molecule is C=CCOCCC1CCC(OCC2CCC(CCc3cc(F)c(C#N)c(F)c3)CC2)CC1. The van der Waals surface area contributed by atoms with Crippen molar-refractivity contribution in [1.82, 2.24) is 0 Å². The molecule has 0 aliphatic heterocycles. The van der Waals surface area contributed by atoms with Gasteiger partial charge in [0.05, 0.1) is 12.7 Å². The van der Waals surface area contributed by atoms with Crippen molar-refractivity contribution in [3.63, 3.8) is 0 Å². The van der Waals surface area contributed by atoms with Crippen molar-refractivity contribution in [1.29, 1.82) is 5.26 Å². The minimum absolute atomic E-state index is 0.416. The Morgan fingerprint density at radius 1 is 0.938 bits per heavy atom. The predicted molar refractivity (Wildman–Crippen MR) is 122 cm³/mol. The third-order valence-electron chi connectivity index (χ3n) is 7.29. The van der Waals surface area contributed by atoms with Crippen LogP contribution in [0.1, 0.15) is 75.3 Å². The molecule has 0 radical (unpaired) electrons. The molecule has 2 aliphatic carbocycles. The van der Waals surface area contributed by atoms with Gasteiger partial charge in [-0.05, 0) is 93.2 Å². The number of ether oxygens (including phenoxy) is 2. The van der Waals surface area contributed by atoms with Gasteiger partial charge < -0.3 is 9.47 Å². The first kappa shape index (κ1) is 24.9. The Balaban J connectivity index is 1.28. The molecule has 2 aliphatic rings. The smallest absolute Gasteiger partial charge is 0.144 e. The molecule has 0 N–H and O–H groups in total. The van der Waals surface area contributed by atoms with Crippen LogP contribution in [0.15, 0.2) is 24.8 Å². The zero-order chi connectivity index (χ0) is 22.8. The summed E-state index contributed by atoms with van der Waals surface area (Å²) in [4.78, 5) is 0. The van der Waals surface area contributed by atoms with Gasteiger partial charge in [-0.2, -0.15) is 5.26 Å². The van der Waals surface area contributed by atoms with E-state index in [9.17, 15) is 8.78 Å². The van der Waals surface area contributed by atoms with Gasteiger partial charge in [0.2, 0.25) is 0 Å². The Kier molecular flexibility index (Phi) is 10.1. The second kappa shape index (κ2) is 13.1. The summed E-state index contributed by atoms with van der Waals surface area (Å²) in [5.74, 6) is 0.512. The average molecular weight is 446 g/mol. The largest absolute Gasteiger partial charge is 0.378 e. The monoisotopic (exact) mass is 445 g/mol. The Hall–Kier alpha value is -1.77. The second-order valence-corrected chi connectivity index (χ2v) is 9.60. The van der Waals surface area contributed by atoms with Gasteiger partial charge in [-0.15, -0.1) is 6.58 Å². The van der Waals surface area contributed by atoms with Crippen LogP contribution in [0.25, 0.3) is 0 Å². The number of halogens is 2. The lowest BCUT2D eigenvalue weighted by molar-refractivity contribution is -0.0122. The van der Waals surface area contributed by atoms with Gasteiger partial charge in [0.15, 0.2) is 0 Å². The van der Waals surface area contributed by atoms with Gasteiger partial charge >= 0.3 is 0 Å². The van der Waals surface area contributed by atoms with Gasteiger partial charge in [0.1, 0.15) is 23.3 Å². The number of aryl methyl sites for hydroxylation is 1. The second-order valence-electron chi connectivity index (χ2n) is 9.60. The number of hydrogen-bond donors (Lipinski definition) is 0. The van der Waals surface area contributed by atoms with Crippen molar-refractivity contribution in [2.75, 3.05) is 19.8 Å². The molecule has 0 bridgehead atoms. The van der Waals surface area contributed by atoms with Crippen LogP contribution in [0.2, 0.25) is 0 Å². The molecule has 0 heterocycles. The van der Waals surface area contributed by atoms with Gasteiger partial charge in [0, 0.05) is 13.2 Å². The van der Waals surface area contributed by atoms with Crippen LogP contribution in [0.4, 0.5) is 8.78 Å². The van der Waals surface area contributed by atoms with Crippen LogP contribution in [0.5, 0.6) is 0 Å². The molecule has 176 valence electrons. The number of nitriles is 1. The van der Waals surface area contributed by atoms with E-state index in [1.807, 2.05) is 0 Å². The Morgan fingerprint density at radius 3 is 2.16 bits per heavy atom. The summed E-state index contributed by atoms with van der Waals surface area (Å²) in [7, 11) is 0. The fraction of sp³-hybridized carbons (Fsp3) is 0.667. The van der Waals surface area contributed by atoms with Crippen molar-refractivity contribution in [3.05, 3.63) is 47.5 Å². The van der Waals surface area contributed by atoms with Crippen LogP contribution in [-0.4, -0.2) is 25.9 Å². The highest BCUT2D eigenvalue weighted by Gasteiger charge is 2.25. The number of hydrogen-bond acceptors (Lipinski definition) is 3. The van der Waals surface area contributed by atoms with Gasteiger partial charge in [-0.25, -0.2) is 8.78 Å². The molecule has 3 nitrogen and oxygen atoms in total. The molecule has 0 aromatic heterocycles. The molecule has 0 unspecified atom stereocenters. The zero-order valence-electron chi connectivity index (χ0n) is 19.2. The minimum atomic E-state index is -0.751. The summed E-state index contributed by atoms with van der Waals surface area (Å²) in [6.45, 7) is 6.03. The van der Waals surface area contributed by atoms with Crippen LogP contribution >= 0.6 is 0 Å². The Morgan fingerprint density at radius 2 is 1.53 bits per heavy atom. The summed E-state index contributed by atoms with van der Waals surface area (Å²) in [6.07, 6.45) is 14.5. The van der Waals surface area contributed by atoms with E-state index in [-0.39, 0.29) is 0 Å². The van der Waals surface area contributed by atoms with E-state index in [1.165, 1.54) is 50.7 Å². The number of benzene rings is 1. The Labute approximate surface area is 191 Å². The first-order valence-corrected chi connectivity index (χ1v) is 12.3. The highest BCUT2D eigenvalue weighted by Crippen LogP contribution is 2.34. The van der Waals surface area contributed by atoms with Crippen molar-refractivity contribution in [2.24, 2.45) is 17.8 Å². The first-order valence-electron chi connectivity index (χ1n) is 12.3. The highest BCUT2D eigenvalue weighted by atomic mass is 19.1. The summed E-state index contributed by atoms with van der Waals surface area (Å²) in [5, 5.41) is 8.79. The van der Waals surface area contributed by atoms with E-state index in [2.05, 4.69) is 6.58 Å². The maximum Gasteiger partial charge on any atom is 0.144 e. The van der Waals surface area contributed by atoms with Crippen LogP contribution in [0, 0.1) is 40.7 Å². The molecule has 5 heteroatoms. The molecule has 0 saturated heterocycles. The quantitative estimate of drug-likeness (QED) is 0.280. The van der Waals surface area contributed by atoms with Crippen molar-refractivity contribution < 1.29 is 18.3 Å². The molecule has 0 atom stereocenters. The number of nitrogens with zero attached hydrogens (tertiary/aromatic N) is 1. The van der Waals surface area contributed by atoms with Crippen molar-refractivity contribution >= 4 is 0 Å². The highest BCUT2D eigenvalue weighted by molar-refractivity contribution is 5.35. The third-order valence-corrected chi connectivity index (χ3v) is 7.29. The summed E-state index contributed by atoms with van der Waals surface area (Å²) in [6, 6.07) is 4.20. The van der Waals surface area contributed by atoms with E-state index in [4.69, 9.17) is 14.7 Å². The first-order chi connectivity index (χ1) is 15.6. The van der Waals surface area contributed by atoms with Crippen LogP contribution in [-0.2, 0) is 15.9 Å². The van der Waals surface area contributed by atoms with Crippen LogP contribution in [0.3, 0.4) is 0 Å². The molecule has 1 aromatic carbocycles. The summed E-state index contributed by atoms with van der Waals surface area (Å²) < 4.78 is 39.4. The molecule has 0 amide bonds. The minimum Gasteiger partial charge on any atom is -0.378 e.